The van der Waals surface area contributed by atoms with E-state index in [1.807, 2.05) is 18.2 Å². The van der Waals surface area contributed by atoms with Crippen LogP contribution < -0.4 is 14.2 Å². The van der Waals surface area contributed by atoms with E-state index in [9.17, 15) is 9.59 Å². The van der Waals surface area contributed by atoms with Crippen LogP contribution in [-0.2, 0) is 38.3 Å². The second-order valence-corrected chi connectivity index (χ2v) is 14.3. The third-order valence-corrected chi connectivity index (χ3v) is 10.7. The number of likely N-dealkylation sites (tertiary alicyclic amines) is 1. The van der Waals surface area contributed by atoms with E-state index in [4.69, 9.17) is 23.7 Å². The van der Waals surface area contributed by atoms with Crippen LogP contribution in [0.25, 0.3) is 0 Å². The molecule has 0 amide bonds. The standard InChI is InChI=1S/C41H54N2O7.HI/c1-42(22-18-31-10-7-6-8-11-31)23-19-33(29-42)30-50-41(45)17-16-40(44)49-25-9-21-43(2)24-20-34-27-38(47-4)39(48-5)28-36(34)37(43)26-32-12-14-35(46-3)15-13-32;/h6-8,10-17,27-28,33,37H,9,18-26,29-30H2,1-5H3;1H/q+2;. The van der Waals surface area contributed by atoms with E-state index >= 15 is 0 Å². The smallest absolute Gasteiger partial charge is 0.331 e. The molecular formula is C41H55IN2O7+2. The van der Waals surface area contributed by atoms with Crippen molar-refractivity contribution in [3.8, 4) is 17.2 Å². The Bertz CT molecular complexity index is 1620. The highest BCUT2D eigenvalue weighted by Crippen LogP contribution is 2.42. The number of hydrogen-bond acceptors (Lipinski definition) is 7. The average Bonchev–Trinajstić information content (AvgIpc) is 3.53. The molecule has 51 heavy (non-hydrogen) atoms. The zero-order valence-electron chi connectivity index (χ0n) is 30.8. The molecular weight excluding hydrogens is 759 g/mol. The van der Waals surface area contributed by atoms with E-state index in [1.165, 1.54) is 34.4 Å². The number of nitrogens with zero attached hydrogens (tertiary/aromatic N) is 2. The number of carbonyl (C=O) groups excluding carboxylic acids is 2. The second-order valence-electron chi connectivity index (χ2n) is 14.3. The number of methoxy groups -OCH3 is 3. The van der Waals surface area contributed by atoms with Crippen molar-refractivity contribution in [2.45, 2.75) is 38.1 Å². The SMILES string of the molecule is COc1ccc(CC2c3cc(OC)c(OC)cc3CC[N+]2(C)CCCOC(=O)C=CC(=O)OCC2CC[N+](C)(CCc3ccccc3)C2)cc1.I. The van der Waals surface area contributed by atoms with Gasteiger partial charge in [-0.1, -0.05) is 42.5 Å². The fourth-order valence-corrected chi connectivity index (χ4v) is 7.63. The van der Waals surface area contributed by atoms with E-state index < -0.39 is 11.9 Å². The van der Waals surface area contributed by atoms with Crippen molar-refractivity contribution in [3.05, 3.63) is 101 Å². The zero-order chi connectivity index (χ0) is 35.6. The number of rotatable bonds is 16. The molecule has 1 fully saturated rings. The molecule has 2 aliphatic rings. The lowest BCUT2D eigenvalue weighted by molar-refractivity contribution is -0.941. The zero-order valence-corrected chi connectivity index (χ0v) is 33.1. The van der Waals surface area contributed by atoms with Gasteiger partial charge >= 0.3 is 11.9 Å². The molecule has 5 rings (SSSR count). The van der Waals surface area contributed by atoms with Crippen LogP contribution >= 0.6 is 24.0 Å². The van der Waals surface area contributed by atoms with Gasteiger partial charge in [0, 0.05) is 55.7 Å². The van der Waals surface area contributed by atoms with Crippen molar-refractivity contribution in [2.24, 2.45) is 5.92 Å². The number of benzene rings is 3. The highest BCUT2D eigenvalue weighted by molar-refractivity contribution is 14.0. The van der Waals surface area contributed by atoms with Gasteiger partial charge in [-0.25, -0.2) is 9.59 Å². The Morgan fingerprint density at radius 3 is 2.18 bits per heavy atom. The van der Waals surface area contributed by atoms with E-state index in [-0.39, 0.29) is 36.6 Å². The first-order valence-corrected chi connectivity index (χ1v) is 17.7. The molecule has 0 radical (unpaired) electrons. The minimum atomic E-state index is -0.536. The maximum absolute atomic E-state index is 12.5. The molecule has 9 nitrogen and oxygen atoms in total. The number of fused-ring (bicyclic) bond motifs is 1. The molecule has 0 saturated carbocycles. The van der Waals surface area contributed by atoms with Crippen LogP contribution in [0, 0.1) is 5.92 Å². The summed E-state index contributed by atoms with van der Waals surface area (Å²) in [5.74, 6) is 1.57. The molecule has 0 N–H and O–H groups in total. The monoisotopic (exact) mass is 814 g/mol. The van der Waals surface area contributed by atoms with Crippen LogP contribution in [0.15, 0.2) is 78.9 Å². The molecule has 4 atom stereocenters. The summed E-state index contributed by atoms with van der Waals surface area (Å²) in [4.78, 5) is 24.9. The Morgan fingerprint density at radius 2 is 1.49 bits per heavy atom. The largest absolute Gasteiger partial charge is 0.497 e. The number of halogens is 1. The van der Waals surface area contributed by atoms with Gasteiger partial charge in [-0.15, -0.1) is 24.0 Å². The van der Waals surface area contributed by atoms with Gasteiger partial charge in [0.05, 0.1) is 74.8 Å². The molecule has 2 heterocycles. The first-order chi connectivity index (χ1) is 24.1. The van der Waals surface area contributed by atoms with Gasteiger partial charge in [-0.05, 0) is 41.0 Å². The highest BCUT2D eigenvalue weighted by atomic mass is 127. The molecule has 1 saturated heterocycles. The topological polar surface area (TPSA) is 80.3 Å². The molecule has 0 spiro atoms. The maximum Gasteiger partial charge on any atom is 0.331 e. The summed E-state index contributed by atoms with van der Waals surface area (Å²) in [5.41, 5.74) is 5.08. The third-order valence-electron chi connectivity index (χ3n) is 10.7. The molecule has 4 unspecified atom stereocenters. The molecule has 3 aromatic rings. The van der Waals surface area contributed by atoms with E-state index in [1.54, 1.807) is 21.3 Å². The van der Waals surface area contributed by atoms with Crippen LogP contribution in [-0.4, -0.2) is 102 Å². The van der Waals surface area contributed by atoms with Crippen LogP contribution in [0.4, 0.5) is 0 Å². The van der Waals surface area contributed by atoms with Crippen LogP contribution in [0.2, 0.25) is 0 Å². The van der Waals surface area contributed by atoms with Gasteiger partial charge in [-0.2, -0.15) is 0 Å². The Morgan fingerprint density at radius 1 is 0.804 bits per heavy atom. The minimum Gasteiger partial charge on any atom is -0.497 e. The van der Waals surface area contributed by atoms with Crippen molar-refractivity contribution in [3.63, 3.8) is 0 Å². The maximum atomic E-state index is 12.5. The van der Waals surface area contributed by atoms with Gasteiger partial charge in [0.2, 0.25) is 0 Å². The highest BCUT2D eigenvalue weighted by Gasteiger charge is 2.40. The summed E-state index contributed by atoms with van der Waals surface area (Å²) in [6.45, 7) is 5.52. The predicted octanol–water partition coefficient (Wildman–Crippen LogP) is 6.36. The van der Waals surface area contributed by atoms with Crippen LogP contribution in [0.1, 0.15) is 41.1 Å². The number of likely N-dealkylation sites (N-methyl/N-ethyl adjacent to an activating group) is 2. The van der Waals surface area contributed by atoms with Gasteiger partial charge in [0.25, 0.3) is 0 Å². The molecule has 3 aromatic carbocycles. The summed E-state index contributed by atoms with van der Waals surface area (Å²) in [6.07, 6.45) is 6.85. The Labute approximate surface area is 320 Å². The fourth-order valence-electron chi connectivity index (χ4n) is 7.63. The molecule has 2 aliphatic heterocycles. The van der Waals surface area contributed by atoms with Crippen molar-refractivity contribution in [1.29, 1.82) is 0 Å². The quantitative estimate of drug-likeness (QED) is 0.0548. The normalized spacial score (nSPS) is 22.5. The molecule has 276 valence electrons. The summed E-state index contributed by atoms with van der Waals surface area (Å²) in [5, 5.41) is 0. The Balaban J connectivity index is 0.00000583. The lowest BCUT2D eigenvalue weighted by Crippen LogP contribution is -2.52. The van der Waals surface area contributed by atoms with Crippen LogP contribution in [0.3, 0.4) is 0 Å². The predicted molar refractivity (Wildman–Crippen MR) is 209 cm³/mol. The summed E-state index contributed by atoms with van der Waals surface area (Å²) >= 11 is 0. The van der Waals surface area contributed by atoms with E-state index in [0.717, 1.165) is 84.6 Å². The summed E-state index contributed by atoms with van der Waals surface area (Å²) in [6, 6.07) is 23.2. The molecule has 0 aromatic heterocycles. The lowest BCUT2D eigenvalue weighted by Gasteiger charge is -2.46. The van der Waals surface area contributed by atoms with E-state index in [2.05, 4.69) is 62.6 Å². The third kappa shape index (κ3) is 10.9. The van der Waals surface area contributed by atoms with Gasteiger partial charge < -0.3 is 32.7 Å². The minimum absolute atomic E-state index is 0. The van der Waals surface area contributed by atoms with Gasteiger partial charge in [0.15, 0.2) is 11.5 Å². The van der Waals surface area contributed by atoms with Gasteiger partial charge in [-0.3, -0.25) is 0 Å². The van der Waals surface area contributed by atoms with Crippen molar-refractivity contribution in [2.75, 3.05) is 81.4 Å². The Hall–Kier alpha value is -3.61. The lowest BCUT2D eigenvalue weighted by atomic mass is 9.86. The summed E-state index contributed by atoms with van der Waals surface area (Å²) < 4.78 is 29.5. The average molecular weight is 815 g/mol. The summed E-state index contributed by atoms with van der Waals surface area (Å²) in [7, 11) is 9.57. The molecule has 0 bridgehead atoms. The van der Waals surface area contributed by atoms with Crippen molar-refractivity contribution in [1.82, 2.24) is 0 Å². The van der Waals surface area contributed by atoms with Crippen molar-refractivity contribution < 1.29 is 42.2 Å². The number of carbonyl (C=O) groups is 2. The second kappa shape index (κ2) is 18.8. The van der Waals surface area contributed by atoms with Gasteiger partial charge in [0.1, 0.15) is 18.4 Å². The first-order valence-electron chi connectivity index (χ1n) is 17.7. The first kappa shape index (κ1) is 40.2. The van der Waals surface area contributed by atoms with Crippen molar-refractivity contribution >= 4 is 35.9 Å². The molecule has 10 heteroatoms. The number of ether oxygens (including phenoxy) is 5. The number of quaternary nitrogens is 2. The van der Waals surface area contributed by atoms with E-state index in [0.29, 0.717) is 18.9 Å². The number of hydrogen-bond donors (Lipinski definition) is 0. The molecule has 0 aliphatic carbocycles. The number of esters is 2. The Kier molecular flexibility index (Phi) is 14.8. The fraction of sp³-hybridized carbons (Fsp3) is 0.463. The van der Waals surface area contributed by atoms with Crippen LogP contribution in [0.5, 0.6) is 17.2 Å².